The summed E-state index contributed by atoms with van der Waals surface area (Å²) in [7, 11) is 1.45. The molecule has 1 N–H and O–H groups in total. The molecule has 2 aromatic heterocycles. The third-order valence-electron chi connectivity index (χ3n) is 2.32. The second-order valence-corrected chi connectivity index (χ2v) is 4.18. The van der Waals surface area contributed by atoms with Crippen molar-refractivity contribution in [3.05, 3.63) is 40.6 Å². The Bertz CT molecular complexity index is 666. The monoisotopic (exact) mass is 296 g/mol. The zero-order valence-corrected chi connectivity index (χ0v) is 11.4. The quantitative estimate of drug-likeness (QED) is 0.879. The van der Waals surface area contributed by atoms with E-state index in [0.717, 1.165) is 12.3 Å². The Hall–Kier alpha value is -2.28. The van der Waals surface area contributed by atoms with Crippen molar-refractivity contribution < 1.29 is 13.9 Å². The van der Waals surface area contributed by atoms with E-state index in [1.165, 1.54) is 7.11 Å². The van der Waals surface area contributed by atoms with Gasteiger partial charge < -0.3 is 4.74 Å². The number of aryl methyl sites for hydroxylation is 1. The van der Waals surface area contributed by atoms with Crippen LogP contribution in [0.3, 0.4) is 0 Å². The summed E-state index contributed by atoms with van der Waals surface area (Å²) >= 11 is 5.74. The molecule has 2 rings (SSSR count). The summed E-state index contributed by atoms with van der Waals surface area (Å²) in [6.45, 7) is 1.72. The largest absolute Gasteiger partial charge is 0.481 e. The van der Waals surface area contributed by atoms with Crippen LogP contribution in [0.4, 0.5) is 10.3 Å². The molecule has 0 aliphatic carbocycles. The van der Waals surface area contributed by atoms with Crippen LogP contribution in [-0.4, -0.2) is 28.0 Å². The van der Waals surface area contributed by atoms with Crippen molar-refractivity contribution in [1.29, 1.82) is 0 Å². The zero-order valence-electron chi connectivity index (χ0n) is 10.6. The summed E-state index contributed by atoms with van der Waals surface area (Å²) in [6.07, 6.45) is 0.922. The van der Waals surface area contributed by atoms with Crippen LogP contribution in [0, 0.1) is 12.7 Å². The number of ether oxygens (including phenoxy) is 1. The van der Waals surface area contributed by atoms with Gasteiger partial charge in [0.25, 0.3) is 5.91 Å². The SMILES string of the molecule is COc1cc(C)nc(NC(=O)c2cc(F)cnc2Cl)n1. The Balaban J connectivity index is 2.27. The van der Waals surface area contributed by atoms with Crippen LogP contribution < -0.4 is 10.1 Å². The highest BCUT2D eigenvalue weighted by Gasteiger charge is 2.15. The molecule has 0 atom stereocenters. The highest BCUT2D eigenvalue weighted by Crippen LogP contribution is 2.16. The molecule has 0 unspecified atom stereocenters. The predicted molar refractivity (Wildman–Crippen MR) is 70.5 cm³/mol. The molecule has 0 aliphatic rings. The second-order valence-electron chi connectivity index (χ2n) is 3.82. The summed E-state index contributed by atoms with van der Waals surface area (Å²) in [5, 5.41) is 2.30. The Labute approximate surface area is 119 Å². The lowest BCUT2D eigenvalue weighted by Crippen LogP contribution is -2.16. The molecule has 0 bridgehead atoms. The van der Waals surface area contributed by atoms with E-state index >= 15 is 0 Å². The van der Waals surface area contributed by atoms with E-state index in [-0.39, 0.29) is 16.7 Å². The molecule has 0 spiro atoms. The van der Waals surface area contributed by atoms with Gasteiger partial charge in [-0.3, -0.25) is 10.1 Å². The molecule has 0 saturated heterocycles. The van der Waals surface area contributed by atoms with Crippen LogP contribution in [-0.2, 0) is 0 Å². The first-order chi connectivity index (χ1) is 9.49. The van der Waals surface area contributed by atoms with E-state index in [1.54, 1.807) is 13.0 Å². The third kappa shape index (κ3) is 3.18. The van der Waals surface area contributed by atoms with E-state index in [4.69, 9.17) is 16.3 Å². The normalized spacial score (nSPS) is 10.2. The lowest BCUT2D eigenvalue weighted by molar-refractivity contribution is 0.102. The Morgan fingerprint density at radius 3 is 2.85 bits per heavy atom. The molecule has 104 valence electrons. The summed E-state index contributed by atoms with van der Waals surface area (Å²) in [5.41, 5.74) is 0.506. The van der Waals surface area contributed by atoms with Gasteiger partial charge in [-0.1, -0.05) is 11.6 Å². The van der Waals surface area contributed by atoms with Crippen molar-refractivity contribution in [3.63, 3.8) is 0 Å². The standard InChI is InChI=1S/C12H10ClFN4O2/c1-6-3-9(20-2)17-12(16-6)18-11(19)8-4-7(14)5-15-10(8)13/h3-5H,1-2H3,(H,16,17,18,19). The molecule has 0 aromatic carbocycles. The van der Waals surface area contributed by atoms with Gasteiger partial charge in [-0.15, -0.1) is 0 Å². The molecule has 2 aromatic rings. The number of carbonyl (C=O) groups is 1. The molecule has 0 saturated carbocycles. The topological polar surface area (TPSA) is 77.0 Å². The zero-order chi connectivity index (χ0) is 14.7. The van der Waals surface area contributed by atoms with Crippen molar-refractivity contribution in [2.75, 3.05) is 12.4 Å². The fraction of sp³-hybridized carbons (Fsp3) is 0.167. The molecule has 6 nitrogen and oxygen atoms in total. The molecule has 1 amide bonds. The summed E-state index contributed by atoms with van der Waals surface area (Å²) in [4.78, 5) is 23.5. The average molecular weight is 297 g/mol. The lowest BCUT2D eigenvalue weighted by atomic mass is 10.2. The first-order valence-electron chi connectivity index (χ1n) is 5.51. The van der Waals surface area contributed by atoms with Crippen LogP contribution in [0.1, 0.15) is 16.1 Å². The van der Waals surface area contributed by atoms with E-state index in [9.17, 15) is 9.18 Å². The fourth-order valence-electron chi connectivity index (χ4n) is 1.45. The van der Waals surface area contributed by atoms with Crippen LogP contribution in [0.25, 0.3) is 0 Å². The number of anilines is 1. The molecule has 20 heavy (non-hydrogen) atoms. The first-order valence-corrected chi connectivity index (χ1v) is 5.89. The van der Waals surface area contributed by atoms with Crippen LogP contribution in [0.5, 0.6) is 5.88 Å². The van der Waals surface area contributed by atoms with Crippen molar-refractivity contribution in [3.8, 4) is 5.88 Å². The van der Waals surface area contributed by atoms with E-state index in [2.05, 4.69) is 20.3 Å². The Morgan fingerprint density at radius 1 is 1.40 bits per heavy atom. The number of nitrogens with one attached hydrogen (secondary N) is 1. The van der Waals surface area contributed by atoms with Gasteiger partial charge in [-0.2, -0.15) is 4.98 Å². The molecule has 2 heterocycles. The fourth-order valence-corrected chi connectivity index (χ4v) is 1.64. The van der Waals surface area contributed by atoms with Gasteiger partial charge in [0.05, 0.1) is 18.9 Å². The summed E-state index contributed by atoms with van der Waals surface area (Å²) < 4.78 is 18.0. The van der Waals surface area contributed by atoms with Crippen molar-refractivity contribution >= 4 is 23.5 Å². The number of carbonyl (C=O) groups excluding carboxylic acids is 1. The van der Waals surface area contributed by atoms with Crippen molar-refractivity contribution in [2.45, 2.75) is 6.92 Å². The maximum absolute atomic E-state index is 13.1. The van der Waals surface area contributed by atoms with E-state index in [0.29, 0.717) is 11.6 Å². The molecule has 0 fully saturated rings. The van der Waals surface area contributed by atoms with Gasteiger partial charge in [-0.05, 0) is 13.0 Å². The van der Waals surface area contributed by atoms with Gasteiger partial charge in [0.15, 0.2) is 0 Å². The summed E-state index contributed by atoms with van der Waals surface area (Å²) in [5.74, 6) is -0.986. The number of pyridine rings is 1. The molecular weight excluding hydrogens is 287 g/mol. The minimum absolute atomic E-state index is 0.0344. The highest BCUT2D eigenvalue weighted by atomic mass is 35.5. The minimum atomic E-state index is -0.665. The van der Waals surface area contributed by atoms with Gasteiger partial charge in [0.1, 0.15) is 11.0 Å². The molecule has 0 aliphatic heterocycles. The van der Waals surface area contributed by atoms with Crippen LogP contribution >= 0.6 is 11.6 Å². The average Bonchev–Trinajstić information content (AvgIpc) is 2.40. The van der Waals surface area contributed by atoms with Crippen LogP contribution in [0.2, 0.25) is 5.15 Å². The highest BCUT2D eigenvalue weighted by molar-refractivity contribution is 6.33. The van der Waals surface area contributed by atoms with Gasteiger partial charge in [0, 0.05) is 11.8 Å². The number of rotatable bonds is 3. The van der Waals surface area contributed by atoms with Gasteiger partial charge in [0.2, 0.25) is 11.8 Å². The first kappa shape index (κ1) is 14.1. The van der Waals surface area contributed by atoms with Crippen molar-refractivity contribution in [1.82, 2.24) is 15.0 Å². The minimum Gasteiger partial charge on any atom is -0.481 e. The number of halogens is 2. The van der Waals surface area contributed by atoms with Crippen LogP contribution in [0.15, 0.2) is 18.3 Å². The molecule has 0 radical (unpaired) electrons. The number of nitrogens with zero attached hydrogens (tertiary/aromatic N) is 3. The van der Waals surface area contributed by atoms with E-state index < -0.39 is 11.7 Å². The Kier molecular flexibility index (Phi) is 4.09. The number of amides is 1. The maximum atomic E-state index is 13.1. The number of methoxy groups -OCH3 is 1. The number of aromatic nitrogens is 3. The predicted octanol–water partition coefficient (Wildman–Crippen LogP) is 2.23. The lowest BCUT2D eigenvalue weighted by Gasteiger charge is -2.07. The maximum Gasteiger partial charge on any atom is 0.261 e. The molecule has 8 heteroatoms. The van der Waals surface area contributed by atoms with Gasteiger partial charge >= 0.3 is 0 Å². The Morgan fingerprint density at radius 2 is 2.15 bits per heavy atom. The number of hydrogen-bond acceptors (Lipinski definition) is 5. The smallest absolute Gasteiger partial charge is 0.261 e. The molecular formula is C12H10ClFN4O2. The second kappa shape index (κ2) is 5.79. The van der Waals surface area contributed by atoms with E-state index in [1.807, 2.05) is 0 Å². The third-order valence-corrected chi connectivity index (χ3v) is 2.62. The summed E-state index contributed by atoms with van der Waals surface area (Å²) in [6, 6.07) is 2.59. The van der Waals surface area contributed by atoms with Gasteiger partial charge in [-0.25, -0.2) is 14.4 Å². The van der Waals surface area contributed by atoms with Crippen molar-refractivity contribution in [2.24, 2.45) is 0 Å². The number of hydrogen-bond donors (Lipinski definition) is 1.